The minimum absolute atomic E-state index is 0.00845. The summed E-state index contributed by atoms with van der Waals surface area (Å²) < 4.78 is 7.55. The average molecular weight is 658 g/mol. The smallest absolute Gasteiger partial charge is 0.271 e. The highest BCUT2D eigenvalue weighted by Gasteiger charge is 2.51. The molecule has 3 aromatic heterocycles. The third kappa shape index (κ3) is 5.60. The Morgan fingerprint density at radius 3 is 2.61 bits per heavy atom. The maximum atomic E-state index is 13.9. The van der Waals surface area contributed by atoms with Gasteiger partial charge in [0.05, 0.1) is 25.0 Å². The molecule has 13 heteroatoms. The molecule has 0 saturated heterocycles. The fourth-order valence-corrected chi connectivity index (χ4v) is 6.58. The van der Waals surface area contributed by atoms with E-state index in [9.17, 15) is 14.4 Å². The minimum atomic E-state index is -0.174. The summed E-state index contributed by atoms with van der Waals surface area (Å²) in [4.78, 5) is 55.7. The largest absolute Gasteiger partial charge is 0.494 e. The van der Waals surface area contributed by atoms with E-state index in [4.69, 9.17) is 4.74 Å². The molecule has 2 aromatic carbocycles. The fraction of sp³-hybridized carbons (Fsp3) is 0.306. The number of ether oxygens (including phenoxy) is 1. The Hall–Kier alpha value is -5.85. The van der Waals surface area contributed by atoms with E-state index in [1.165, 1.54) is 4.90 Å². The molecule has 13 nitrogen and oxygen atoms in total. The molecule has 2 aliphatic carbocycles. The summed E-state index contributed by atoms with van der Waals surface area (Å²) in [6.07, 6.45) is 7.02. The first kappa shape index (κ1) is 30.5. The molecule has 1 spiro atoms. The number of para-hydroxylation sites is 1. The van der Waals surface area contributed by atoms with Gasteiger partial charge < -0.3 is 19.9 Å². The predicted octanol–water partition coefficient (Wildman–Crippen LogP) is 4.68. The molecule has 3 aliphatic rings. The van der Waals surface area contributed by atoms with Gasteiger partial charge in [-0.15, -0.1) is 5.10 Å². The fourth-order valence-electron chi connectivity index (χ4n) is 6.58. The van der Waals surface area contributed by atoms with Crippen LogP contribution in [-0.4, -0.2) is 79.8 Å². The maximum Gasteiger partial charge on any atom is 0.271 e. The number of amides is 3. The van der Waals surface area contributed by atoms with Crippen molar-refractivity contribution in [3.8, 4) is 16.9 Å². The number of carbonyl (C=O) groups excluding carboxylic acids is 3. The number of anilines is 3. The minimum Gasteiger partial charge on any atom is -0.494 e. The van der Waals surface area contributed by atoms with Gasteiger partial charge in [0.25, 0.3) is 11.8 Å². The van der Waals surface area contributed by atoms with Crippen LogP contribution in [0.5, 0.6) is 5.75 Å². The summed E-state index contributed by atoms with van der Waals surface area (Å²) in [5.74, 6) is 0.899. The zero-order valence-corrected chi connectivity index (χ0v) is 27.4. The molecule has 8 rings (SSSR count). The van der Waals surface area contributed by atoms with E-state index in [-0.39, 0.29) is 35.0 Å². The summed E-state index contributed by atoms with van der Waals surface area (Å²) in [5.41, 5.74) is 5.57. The normalized spacial score (nSPS) is 16.0. The van der Waals surface area contributed by atoms with Crippen LogP contribution in [0.1, 0.15) is 57.8 Å². The van der Waals surface area contributed by atoms with E-state index in [1.54, 1.807) is 44.2 Å². The van der Waals surface area contributed by atoms with Crippen LogP contribution in [-0.2, 0) is 16.8 Å². The number of nitrogens with zero attached hydrogens (tertiary/aromatic N) is 7. The summed E-state index contributed by atoms with van der Waals surface area (Å²) in [6.45, 7) is 0.916. The molecule has 3 amide bonds. The number of aromatic nitrogens is 5. The van der Waals surface area contributed by atoms with Crippen LogP contribution in [0.4, 0.5) is 17.5 Å². The average Bonchev–Trinajstić information content (AvgIpc) is 4.04. The molecule has 0 unspecified atom stereocenters. The Labute approximate surface area is 282 Å². The molecule has 2 fully saturated rings. The quantitative estimate of drug-likeness (QED) is 0.231. The molecular formula is C36H35N9O4. The topological polar surface area (TPSA) is 147 Å². The van der Waals surface area contributed by atoms with Crippen molar-refractivity contribution in [2.45, 2.75) is 37.6 Å². The van der Waals surface area contributed by atoms with Gasteiger partial charge in [0.15, 0.2) is 11.5 Å². The maximum absolute atomic E-state index is 13.9. The lowest BCUT2D eigenvalue weighted by atomic mass is 9.84. The van der Waals surface area contributed by atoms with Crippen molar-refractivity contribution >= 4 is 40.8 Å². The van der Waals surface area contributed by atoms with Gasteiger partial charge in [0, 0.05) is 55.5 Å². The summed E-state index contributed by atoms with van der Waals surface area (Å²) in [6, 6.07) is 17.2. The van der Waals surface area contributed by atoms with E-state index >= 15 is 0 Å². The number of carbonyl (C=O) groups is 3. The van der Waals surface area contributed by atoms with Crippen LogP contribution in [0.25, 0.3) is 16.8 Å². The first-order chi connectivity index (χ1) is 23.7. The molecule has 2 N–H and O–H groups in total. The van der Waals surface area contributed by atoms with E-state index in [0.717, 1.165) is 42.4 Å². The highest BCUT2D eigenvalue weighted by atomic mass is 16.5. The zero-order valence-electron chi connectivity index (χ0n) is 27.4. The number of rotatable bonds is 9. The van der Waals surface area contributed by atoms with E-state index in [2.05, 4.69) is 36.8 Å². The van der Waals surface area contributed by atoms with Crippen molar-refractivity contribution in [2.75, 3.05) is 38.4 Å². The molecule has 0 radical (unpaired) electrons. The van der Waals surface area contributed by atoms with E-state index < -0.39 is 0 Å². The molecule has 1 aliphatic heterocycles. The summed E-state index contributed by atoms with van der Waals surface area (Å²) >= 11 is 0. The molecule has 0 bridgehead atoms. The number of imidazole rings is 1. The number of benzene rings is 2. The highest BCUT2D eigenvalue weighted by molar-refractivity contribution is 5.99. The summed E-state index contributed by atoms with van der Waals surface area (Å²) in [5, 5.41) is 10.6. The molecule has 49 heavy (non-hydrogen) atoms. The molecule has 2 saturated carbocycles. The van der Waals surface area contributed by atoms with Crippen LogP contribution in [0.2, 0.25) is 0 Å². The highest BCUT2D eigenvalue weighted by Crippen LogP contribution is 2.53. The van der Waals surface area contributed by atoms with Crippen molar-refractivity contribution in [3.63, 3.8) is 0 Å². The molecule has 0 atom stereocenters. The van der Waals surface area contributed by atoms with Crippen LogP contribution in [0.15, 0.2) is 67.0 Å². The summed E-state index contributed by atoms with van der Waals surface area (Å²) in [7, 11) is 5.01. The van der Waals surface area contributed by atoms with Crippen LogP contribution >= 0.6 is 0 Å². The molecule has 248 valence electrons. The van der Waals surface area contributed by atoms with E-state index in [1.807, 2.05) is 47.4 Å². The Kier molecular flexibility index (Phi) is 7.27. The van der Waals surface area contributed by atoms with Gasteiger partial charge in [-0.25, -0.2) is 14.5 Å². The number of methoxy groups -OCH3 is 1. The Balaban J connectivity index is 1.09. The van der Waals surface area contributed by atoms with Gasteiger partial charge in [-0.1, -0.05) is 24.3 Å². The van der Waals surface area contributed by atoms with Gasteiger partial charge in [0.2, 0.25) is 11.9 Å². The zero-order chi connectivity index (χ0) is 33.9. The van der Waals surface area contributed by atoms with Gasteiger partial charge >= 0.3 is 0 Å². The van der Waals surface area contributed by atoms with Crippen molar-refractivity contribution in [2.24, 2.45) is 5.92 Å². The standard InChI is InChI=1S/C36H35N9O4/c1-43(2)34(48)28-9-4-6-23(38-28)19-44-20-36(14-15-36)26-18-22(12-13-25(26)33(44)47)24-7-5-8-27(29(24)49-3)39-30-31-37-16-17-45(31)42-35(40-30)41-32(46)21-10-11-21/h4-9,12-13,16-18,21H,10-11,14-15,19-20H2,1-3H3,(H2,39,40,41,42,46). The van der Waals surface area contributed by atoms with Gasteiger partial charge in [-0.05, 0) is 67.1 Å². The Morgan fingerprint density at radius 1 is 1.04 bits per heavy atom. The number of hydrogen-bond acceptors (Lipinski definition) is 9. The van der Waals surface area contributed by atoms with Crippen LogP contribution in [0.3, 0.4) is 0 Å². The number of hydrogen-bond donors (Lipinski definition) is 2. The third-order valence-electron chi connectivity index (χ3n) is 9.46. The van der Waals surface area contributed by atoms with Crippen LogP contribution in [0, 0.1) is 5.92 Å². The Morgan fingerprint density at radius 2 is 1.86 bits per heavy atom. The van der Waals surface area contributed by atoms with Gasteiger partial charge in [-0.3, -0.25) is 19.7 Å². The number of fused-ring (bicyclic) bond motifs is 3. The number of nitrogens with one attached hydrogen (secondary N) is 2. The van der Waals surface area contributed by atoms with Gasteiger partial charge in [-0.2, -0.15) is 4.98 Å². The first-order valence-corrected chi connectivity index (χ1v) is 16.3. The number of pyridine rings is 1. The first-order valence-electron chi connectivity index (χ1n) is 16.3. The van der Waals surface area contributed by atoms with Crippen molar-refractivity contribution < 1.29 is 19.1 Å². The second kappa shape index (κ2) is 11.7. The lowest BCUT2D eigenvalue weighted by Gasteiger charge is -2.35. The third-order valence-corrected chi connectivity index (χ3v) is 9.46. The predicted molar refractivity (Wildman–Crippen MR) is 182 cm³/mol. The van der Waals surface area contributed by atoms with Crippen molar-refractivity contribution in [1.29, 1.82) is 0 Å². The van der Waals surface area contributed by atoms with Gasteiger partial charge in [0.1, 0.15) is 11.4 Å². The molecule has 4 heterocycles. The monoisotopic (exact) mass is 657 g/mol. The lowest BCUT2D eigenvalue weighted by molar-refractivity contribution is -0.117. The second-order valence-corrected chi connectivity index (χ2v) is 13.2. The molecular weight excluding hydrogens is 622 g/mol. The van der Waals surface area contributed by atoms with Crippen molar-refractivity contribution in [3.05, 3.63) is 89.5 Å². The van der Waals surface area contributed by atoms with E-state index in [0.29, 0.717) is 52.9 Å². The van der Waals surface area contributed by atoms with Crippen molar-refractivity contribution in [1.82, 2.24) is 34.4 Å². The SMILES string of the molecule is COc1c(Nc2nc(NC(=O)C3CC3)nn3ccnc23)cccc1-c1ccc2c(c1)C1(CC1)CN(Cc1cccc(C(=O)N(C)C)n1)C2=O. The van der Waals surface area contributed by atoms with Crippen LogP contribution < -0.4 is 15.4 Å². The molecule has 5 aromatic rings. The lowest BCUT2D eigenvalue weighted by Crippen LogP contribution is -2.43. The Bertz CT molecular complexity index is 2150. The second-order valence-electron chi connectivity index (χ2n) is 13.2.